The first-order chi connectivity index (χ1) is 15.1. The summed E-state index contributed by atoms with van der Waals surface area (Å²) in [5, 5.41) is 2.56. The van der Waals surface area contributed by atoms with Gasteiger partial charge in [-0.15, -0.1) is 0 Å². The van der Waals surface area contributed by atoms with Crippen LogP contribution in [0.2, 0.25) is 0 Å². The van der Waals surface area contributed by atoms with Crippen molar-refractivity contribution in [1.82, 2.24) is 10.2 Å². The molecule has 0 aromatic heterocycles. The predicted molar refractivity (Wildman–Crippen MR) is 117 cm³/mol. The van der Waals surface area contributed by atoms with Gasteiger partial charge in [0.15, 0.2) is 0 Å². The van der Waals surface area contributed by atoms with Crippen molar-refractivity contribution < 1.29 is 60.7 Å². The summed E-state index contributed by atoms with van der Waals surface area (Å²) in [6, 6.07) is 0. The lowest BCUT2D eigenvalue weighted by atomic mass is 10.1. The largest absolute Gasteiger partial charge is 0.490 e. The van der Waals surface area contributed by atoms with Crippen molar-refractivity contribution >= 4 is 51.0 Å². The maximum Gasteiger partial charge on any atom is 0.490 e. The minimum atomic E-state index is -5.64. The molecule has 1 fully saturated rings. The van der Waals surface area contributed by atoms with Gasteiger partial charge in [0.1, 0.15) is 24.1 Å². The van der Waals surface area contributed by atoms with Crippen LogP contribution in [0.3, 0.4) is 0 Å². The van der Waals surface area contributed by atoms with E-state index in [0.717, 1.165) is 0 Å². The number of carbonyl (C=O) groups excluding carboxylic acids is 1. The SMILES string of the molecule is C=C1NC(=O)C(C)=CN1[C@H]1C[C@H](OCSSC)[C@@H](COP(=O)(O)OP(=O)(O)OP(=O)(O)O)O1. The van der Waals surface area contributed by atoms with Crippen LogP contribution in [0.1, 0.15) is 13.3 Å². The molecule has 1 saturated heterocycles. The van der Waals surface area contributed by atoms with Gasteiger partial charge >= 0.3 is 23.5 Å². The highest BCUT2D eigenvalue weighted by Crippen LogP contribution is 2.66. The zero-order valence-corrected chi connectivity index (χ0v) is 21.5. The normalized spacial score (nSPS) is 27.6. The van der Waals surface area contributed by atoms with Crippen molar-refractivity contribution in [1.29, 1.82) is 0 Å². The number of ether oxygens (including phenoxy) is 2. The summed E-state index contributed by atoms with van der Waals surface area (Å²) >= 11 is 0. The molecule has 0 spiro atoms. The van der Waals surface area contributed by atoms with Crippen LogP contribution >= 0.6 is 45.1 Å². The van der Waals surface area contributed by atoms with Gasteiger partial charge in [0.2, 0.25) is 0 Å². The molecular formula is C13H23N2O13P3S2. The zero-order valence-electron chi connectivity index (χ0n) is 17.2. The summed E-state index contributed by atoms with van der Waals surface area (Å²) < 4.78 is 57.8. The molecule has 5 N–H and O–H groups in total. The van der Waals surface area contributed by atoms with Crippen molar-refractivity contribution in [3.8, 4) is 0 Å². The molecule has 15 nitrogen and oxygen atoms in total. The second-order valence-corrected chi connectivity index (χ2v) is 13.4. The van der Waals surface area contributed by atoms with Crippen LogP contribution in [-0.2, 0) is 41.1 Å². The summed E-state index contributed by atoms with van der Waals surface area (Å²) in [5.74, 6) is 0.143. The van der Waals surface area contributed by atoms with E-state index in [0.29, 0.717) is 5.57 Å². The minimum Gasteiger partial charge on any atom is -0.364 e. The monoisotopic (exact) mass is 572 g/mol. The Kier molecular flexibility index (Phi) is 10.3. The Balaban J connectivity index is 2.08. The molecule has 0 saturated carbocycles. The van der Waals surface area contributed by atoms with Gasteiger partial charge in [0.05, 0.1) is 12.7 Å². The Bertz CT molecular complexity index is 927. The molecule has 0 aliphatic carbocycles. The fourth-order valence-electron chi connectivity index (χ4n) is 2.73. The summed E-state index contributed by atoms with van der Waals surface area (Å²) in [5.41, 5.74) is 0.387. The van der Waals surface area contributed by atoms with E-state index in [1.807, 2.05) is 6.26 Å². The average Bonchev–Trinajstić information content (AvgIpc) is 3.03. The first kappa shape index (κ1) is 29.0. The van der Waals surface area contributed by atoms with Gasteiger partial charge in [-0.3, -0.25) is 9.32 Å². The number of hydrogen-bond donors (Lipinski definition) is 5. The molecule has 190 valence electrons. The van der Waals surface area contributed by atoms with Crippen LogP contribution in [0.25, 0.3) is 0 Å². The highest BCUT2D eigenvalue weighted by atomic mass is 33.1. The Morgan fingerprint density at radius 2 is 1.91 bits per heavy atom. The van der Waals surface area contributed by atoms with Crippen LogP contribution in [0.5, 0.6) is 0 Å². The molecule has 0 bridgehead atoms. The summed E-state index contributed by atoms with van der Waals surface area (Å²) in [7, 11) is -13.6. The second-order valence-electron chi connectivity index (χ2n) is 6.48. The fourth-order valence-corrected chi connectivity index (χ4v) is 6.54. The Morgan fingerprint density at radius 3 is 2.52 bits per heavy atom. The topological polar surface area (TPSA) is 211 Å². The van der Waals surface area contributed by atoms with Crippen LogP contribution < -0.4 is 5.32 Å². The van der Waals surface area contributed by atoms with Crippen molar-refractivity contribution in [2.45, 2.75) is 31.8 Å². The van der Waals surface area contributed by atoms with E-state index in [-0.39, 0.29) is 24.1 Å². The molecule has 2 aliphatic rings. The number of nitrogens with zero attached hydrogens (tertiary/aromatic N) is 1. The van der Waals surface area contributed by atoms with Gasteiger partial charge in [-0.25, -0.2) is 13.7 Å². The predicted octanol–water partition coefficient (Wildman–Crippen LogP) is 1.61. The lowest BCUT2D eigenvalue weighted by Crippen LogP contribution is -2.42. The zero-order chi connectivity index (χ0) is 25.0. The molecule has 2 heterocycles. The van der Waals surface area contributed by atoms with Gasteiger partial charge < -0.3 is 39.3 Å². The van der Waals surface area contributed by atoms with E-state index < -0.39 is 48.5 Å². The third kappa shape index (κ3) is 9.39. The van der Waals surface area contributed by atoms with Crippen molar-refractivity contribution in [3.63, 3.8) is 0 Å². The number of phosphoric ester groups is 1. The molecule has 20 heteroatoms. The summed E-state index contributed by atoms with van der Waals surface area (Å²) in [6.45, 7) is 4.67. The number of amides is 1. The Morgan fingerprint density at radius 1 is 1.24 bits per heavy atom. The molecule has 2 aliphatic heterocycles. The minimum absolute atomic E-state index is 0.234. The molecule has 5 atom stereocenters. The molecule has 0 aromatic carbocycles. The highest BCUT2D eigenvalue weighted by Gasteiger charge is 2.44. The average molecular weight is 572 g/mol. The molecule has 2 rings (SSSR count). The maximum atomic E-state index is 12.0. The van der Waals surface area contributed by atoms with Gasteiger partial charge in [-0.2, -0.15) is 8.62 Å². The van der Waals surface area contributed by atoms with Crippen LogP contribution in [0.4, 0.5) is 0 Å². The van der Waals surface area contributed by atoms with E-state index in [1.165, 1.54) is 27.8 Å². The van der Waals surface area contributed by atoms with E-state index in [4.69, 9.17) is 19.3 Å². The fraction of sp³-hybridized carbons (Fsp3) is 0.615. The van der Waals surface area contributed by atoms with Gasteiger partial charge in [0, 0.05) is 18.2 Å². The highest BCUT2D eigenvalue weighted by molar-refractivity contribution is 8.76. The van der Waals surface area contributed by atoms with Crippen LogP contribution in [0.15, 0.2) is 24.2 Å². The molecule has 0 radical (unpaired) electrons. The van der Waals surface area contributed by atoms with Gasteiger partial charge in [-0.05, 0) is 13.2 Å². The number of nitrogens with one attached hydrogen (secondary N) is 1. The molecular weight excluding hydrogens is 549 g/mol. The van der Waals surface area contributed by atoms with Gasteiger partial charge in [-0.1, -0.05) is 28.2 Å². The van der Waals surface area contributed by atoms with E-state index >= 15 is 0 Å². The lowest BCUT2D eigenvalue weighted by molar-refractivity contribution is -0.118. The molecule has 2 unspecified atom stereocenters. The Labute approximate surface area is 196 Å². The Hall–Kier alpha value is -0.220. The summed E-state index contributed by atoms with van der Waals surface area (Å²) in [6.07, 6.45) is 1.25. The number of phosphoric acid groups is 3. The second kappa shape index (κ2) is 11.7. The van der Waals surface area contributed by atoms with Crippen LogP contribution in [0, 0.1) is 0 Å². The van der Waals surface area contributed by atoms with Crippen molar-refractivity contribution in [2.24, 2.45) is 0 Å². The van der Waals surface area contributed by atoms with Crippen LogP contribution in [-0.4, -0.2) is 67.6 Å². The number of hydrogen-bond acceptors (Lipinski definition) is 12. The first-order valence-electron chi connectivity index (χ1n) is 8.80. The number of rotatable bonds is 12. The van der Waals surface area contributed by atoms with E-state index in [9.17, 15) is 28.3 Å². The maximum absolute atomic E-state index is 12.0. The standard InChI is InChI=1S/C13H23N2O13P3S2/c1-8-5-15(9(2)14-13(8)16)12-4-10(24-7-33-32-3)11(26-12)6-25-30(20,21)28-31(22,23)27-29(17,18)19/h5,10-12H,2,4,6-7H2,1,3H3,(H,14,16)(H,20,21)(H,22,23)(H2,17,18,19)/t10-,11+,12+/m0/s1. The smallest absolute Gasteiger partial charge is 0.364 e. The third-order valence-corrected chi connectivity index (χ3v) is 9.28. The molecule has 33 heavy (non-hydrogen) atoms. The number of carbonyl (C=O) groups is 1. The molecule has 0 aromatic rings. The molecule has 1 amide bonds. The lowest BCUT2D eigenvalue weighted by Gasteiger charge is -2.32. The summed E-state index contributed by atoms with van der Waals surface area (Å²) in [4.78, 5) is 49.4. The third-order valence-electron chi connectivity index (χ3n) is 4.02. The van der Waals surface area contributed by atoms with Gasteiger partial charge in [0.25, 0.3) is 5.91 Å². The van der Waals surface area contributed by atoms with Crippen molar-refractivity contribution in [3.05, 3.63) is 24.2 Å². The van der Waals surface area contributed by atoms with Crippen molar-refractivity contribution in [2.75, 3.05) is 18.8 Å². The van der Waals surface area contributed by atoms with E-state index in [1.54, 1.807) is 11.8 Å². The van der Waals surface area contributed by atoms with E-state index in [2.05, 4.69) is 25.0 Å². The first-order valence-corrected chi connectivity index (χ1v) is 16.1. The quantitative estimate of drug-likeness (QED) is 0.0973.